The van der Waals surface area contributed by atoms with Crippen molar-refractivity contribution >= 4 is 41.0 Å². The zero-order chi connectivity index (χ0) is 15.1. The Balaban J connectivity index is 1.76. The van der Waals surface area contributed by atoms with E-state index in [9.17, 15) is 4.79 Å². The van der Waals surface area contributed by atoms with Gasteiger partial charge in [0.1, 0.15) is 0 Å². The van der Waals surface area contributed by atoms with Crippen molar-refractivity contribution in [2.75, 3.05) is 11.9 Å². The summed E-state index contributed by atoms with van der Waals surface area (Å²) in [4.78, 5) is 16.5. The molecule has 1 amide bonds. The van der Waals surface area contributed by atoms with Crippen LogP contribution < -0.4 is 5.32 Å². The highest BCUT2D eigenvalue weighted by atomic mass is 35.5. The first-order valence-corrected chi connectivity index (χ1v) is 6.85. The van der Waals surface area contributed by atoms with Gasteiger partial charge in [-0.05, 0) is 42.0 Å². The molecule has 6 heteroatoms. The number of carbonyl (C=O) groups excluding carboxylic acids is 1. The average molecular weight is 323 g/mol. The number of nitrogens with zero attached hydrogens (tertiary/aromatic N) is 1. The first-order valence-electron chi connectivity index (χ1n) is 6.10. The van der Waals surface area contributed by atoms with Crippen molar-refractivity contribution in [2.24, 2.45) is 5.16 Å². The monoisotopic (exact) mass is 322 g/mol. The van der Waals surface area contributed by atoms with Crippen LogP contribution in [-0.2, 0) is 9.63 Å². The summed E-state index contributed by atoms with van der Waals surface area (Å²) in [5.41, 5.74) is 1.48. The molecule has 0 saturated heterocycles. The molecular weight excluding hydrogens is 311 g/mol. The van der Waals surface area contributed by atoms with Gasteiger partial charge in [-0.3, -0.25) is 4.79 Å². The van der Waals surface area contributed by atoms with Gasteiger partial charge in [-0.1, -0.05) is 40.5 Å². The zero-order valence-electron chi connectivity index (χ0n) is 10.9. The van der Waals surface area contributed by atoms with Crippen molar-refractivity contribution in [3.8, 4) is 0 Å². The molecule has 0 unspecified atom stereocenters. The first kappa shape index (κ1) is 15.4. The Morgan fingerprint density at radius 3 is 2.24 bits per heavy atom. The third-order valence-corrected chi connectivity index (χ3v) is 2.97. The molecule has 0 atom stereocenters. The summed E-state index contributed by atoms with van der Waals surface area (Å²) in [6.45, 7) is -0.174. The summed E-state index contributed by atoms with van der Waals surface area (Å²) in [5, 5.41) is 7.64. The zero-order valence-corrected chi connectivity index (χ0v) is 12.4. The van der Waals surface area contributed by atoms with Gasteiger partial charge >= 0.3 is 0 Å². The SMILES string of the molecule is O=C(CO/N=C/c1ccc(Cl)cc1)Nc1ccc(Cl)cc1. The second-order valence-corrected chi connectivity index (χ2v) is 4.99. The Bertz CT molecular complexity index is 625. The maximum Gasteiger partial charge on any atom is 0.265 e. The van der Waals surface area contributed by atoms with E-state index in [1.807, 2.05) is 0 Å². The van der Waals surface area contributed by atoms with Crippen molar-refractivity contribution < 1.29 is 9.63 Å². The van der Waals surface area contributed by atoms with E-state index in [0.717, 1.165) is 5.56 Å². The number of hydrogen-bond donors (Lipinski definition) is 1. The van der Waals surface area contributed by atoms with Crippen LogP contribution in [0.2, 0.25) is 10.0 Å². The maximum absolute atomic E-state index is 11.6. The van der Waals surface area contributed by atoms with Crippen LogP contribution in [-0.4, -0.2) is 18.7 Å². The molecule has 4 nitrogen and oxygen atoms in total. The molecule has 108 valence electrons. The van der Waals surface area contributed by atoms with Gasteiger partial charge in [0, 0.05) is 15.7 Å². The Morgan fingerprint density at radius 2 is 1.62 bits per heavy atom. The fourth-order valence-corrected chi connectivity index (χ4v) is 1.73. The molecule has 0 aromatic heterocycles. The molecule has 2 aromatic rings. The average Bonchev–Trinajstić information content (AvgIpc) is 2.48. The summed E-state index contributed by atoms with van der Waals surface area (Å²) < 4.78 is 0. The molecule has 2 aromatic carbocycles. The molecule has 1 N–H and O–H groups in total. The minimum Gasteiger partial charge on any atom is -0.386 e. The predicted octanol–water partition coefficient (Wildman–Crippen LogP) is 3.98. The van der Waals surface area contributed by atoms with E-state index in [4.69, 9.17) is 28.0 Å². The molecule has 0 aliphatic rings. The van der Waals surface area contributed by atoms with Gasteiger partial charge in [0.05, 0.1) is 6.21 Å². The molecule has 0 aliphatic heterocycles. The summed E-state index contributed by atoms with van der Waals surface area (Å²) in [5.74, 6) is -0.300. The lowest BCUT2D eigenvalue weighted by Crippen LogP contribution is -2.16. The Morgan fingerprint density at radius 1 is 1.05 bits per heavy atom. The van der Waals surface area contributed by atoms with Crippen LogP contribution in [0.4, 0.5) is 5.69 Å². The molecule has 2 rings (SSSR count). The fraction of sp³-hybridized carbons (Fsp3) is 0.0667. The Labute approximate surface area is 132 Å². The minimum absolute atomic E-state index is 0.174. The molecule has 0 saturated carbocycles. The second kappa shape index (κ2) is 7.67. The topological polar surface area (TPSA) is 50.7 Å². The lowest BCUT2D eigenvalue weighted by molar-refractivity contribution is -0.120. The standard InChI is InChI=1S/C15H12Cl2N2O2/c16-12-3-1-11(2-4-12)9-18-21-10-15(20)19-14-7-5-13(17)6-8-14/h1-9H,10H2,(H,19,20)/b18-9+. The third kappa shape index (κ3) is 5.45. The second-order valence-electron chi connectivity index (χ2n) is 4.11. The van der Waals surface area contributed by atoms with Crippen LogP contribution in [0.15, 0.2) is 53.7 Å². The Kier molecular flexibility index (Phi) is 5.60. The number of amides is 1. The van der Waals surface area contributed by atoms with Crippen LogP contribution in [0, 0.1) is 0 Å². The lowest BCUT2D eigenvalue weighted by Gasteiger charge is -2.04. The largest absolute Gasteiger partial charge is 0.386 e. The molecule has 0 bridgehead atoms. The van der Waals surface area contributed by atoms with E-state index in [-0.39, 0.29) is 12.5 Å². The number of carbonyl (C=O) groups is 1. The lowest BCUT2D eigenvalue weighted by atomic mass is 10.2. The van der Waals surface area contributed by atoms with E-state index >= 15 is 0 Å². The molecular formula is C15H12Cl2N2O2. The minimum atomic E-state index is -0.300. The molecule has 0 heterocycles. The maximum atomic E-state index is 11.6. The fourth-order valence-electron chi connectivity index (χ4n) is 1.47. The van der Waals surface area contributed by atoms with E-state index in [1.54, 1.807) is 48.5 Å². The van der Waals surface area contributed by atoms with Gasteiger partial charge in [0.2, 0.25) is 0 Å². The third-order valence-electron chi connectivity index (χ3n) is 2.47. The number of rotatable bonds is 5. The van der Waals surface area contributed by atoms with Gasteiger partial charge in [0.25, 0.3) is 5.91 Å². The van der Waals surface area contributed by atoms with Crippen LogP contribution in [0.3, 0.4) is 0 Å². The van der Waals surface area contributed by atoms with Crippen LogP contribution in [0.1, 0.15) is 5.56 Å². The summed E-state index contributed by atoms with van der Waals surface area (Å²) >= 11 is 11.5. The number of oxime groups is 1. The van der Waals surface area contributed by atoms with Crippen molar-refractivity contribution in [3.05, 3.63) is 64.1 Å². The van der Waals surface area contributed by atoms with Gasteiger partial charge < -0.3 is 10.2 Å². The van der Waals surface area contributed by atoms with Crippen LogP contribution in [0.25, 0.3) is 0 Å². The summed E-state index contributed by atoms with van der Waals surface area (Å²) in [7, 11) is 0. The van der Waals surface area contributed by atoms with Crippen molar-refractivity contribution in [1.29, 1.82) is 0 Å². The number of benzene rings is 2. The van der Waals surface area contributed by atoms with Gasteiger partial charge in [-0.2, -0.15) is 0 Å². The molecule has 0 aliphatic carbocycles. The normalized spacial score (nSPS) is 10.6. The van der Waals surface area contributed by atoms with Gasteiger partial charge in [0.15, 0.2) is 6.61 Å². The Hall–Kier alpha value is -2.04. The van der Waals surface area contributed by atoms with E-state index < -0.39 is 0 Å². The molecule has 21 heavy (non-hydrogen) atoms. The van der Waals surface area contributed by atoms with E-state index in [1.165, 1.54) is 6.21 Å². The molecule has 0 radical (unpaired) electrons. The predicted molar refractivity (Wildman–Crippen MR) is 85.1 cm³/mol. The molecule has 0 spiro atoms. The number of hydrogen-bond acceptors (Lipinski definition) is 3. The first-order chi connectivity index (χ1) is 10.1. The number of halogens is 2. The summed E-state index contributed by atoms with van der Waals surface area (Å²) in [6, 6.07) is 13.9. The van der Waals surface area contributed by atoms with Gasteiger partial charge in [-0.15, -0.1) is 0 Å². The highest BCUT2D eigenvalue weighted by molar-refractivity contribution is 6.30. The van der Waals surface area contributed by atoms with Gasteiger partial charge in [-0.25, -0.2) is 0 Å². The smallest absolute Gasteiger partial charge is 0.265 e. The number of anilines is 1. The molecule has 0 fully saturated rings. The van der Waals surface area contributed by atoms with Crippen LogP contribution in [0.5, 0.6) is 0 Å². The highest BCUT2D eigenvalue weighted by Crippen LogP contribution is 2.13. The van der Waals surface area contributed by atoms with Crippen molar-refractivity contribution in [3.63, 3.8) is 0 Å². The van der Waals surface area contributed by atoms with Crippen molar-refractivity contribution in [1.82, 2.24) is 0 Å². The highest BCUT2D eigenvalue weighted by Gasteiger charge is 2.02. The summed E-state index contributed by atoms with van der Waals surface area (Å²) in [6.07, 6.45) is 1.51. The van der Waals surface area contributed by atoms with Crippen molar-refractivity contribution in [2.45, 2.75) is 0 Å². The van der Waals surface area contributed by atoms with E-state index in [0.29, 0.717) is 15.7 Å². The quantitative estimate of drug-likeness (QED) is 0.668. The van der Waals surface area contributed by atoms with Crippen LogP contribution >= 0.6 is 23.2 Å². The number of nitrogens with one attached hydrogen (secondary N) is 1. The van der Waals surface area contributed by atoms with E-state index in [2.05, 4.69) is 10.5 Å².